The van der Waals surface area contributed by atoms with Gasteiger partial charge in [-0.3, -0.25) is 4.57 Å². The van der Waals surface area contributed by atoms with E-state index in [1.165, 1.54) is 38.2 Å². The molecule has 4 aromatic rings. The van der Waals surface area contributed by atoms with Crippen molar-refractivity contribution >= 4 is 28.7 Å². The van der Waals surface area contributed by atoms with E-state index in [0.29, 0.717) is 0 Å². The van der Waals surface area contributed by atoms with Crippen LogP contribution in [0, 0.1) is 0 Å². The largest absolute Gasteiger partial charge is 0.478 e. The summed E-state index contributed by atoms with van der Waals surface area (Å²) in [5.41, 5.74) is -3.93. The number of hydrogen-bond donors (Lipinski definition) is 2. The Morgan fingerprint density at radius 1 is 1.17 bits per heavy atom. The third kappa shape index (κ3) is 4.29. The van der Waals surface area contributed by atoms with E-state index in [1.54, 1.807) is 0 Å². The molecule has 2 N–H and O–H groups in total. The molecule has 0 saturated carbocycles. The zero-order valence-electron chi connectivity index (χ0n) is 18.6. The molecular weight excluding hydrogens is 507 g/mol. The molecule has 0 spiro atoms. The van der Waals surface area contributed by atoms with Gasteiger partial charge in [-0.2, -0.15) is 13.2 Å². The quantitative estimate of drug-likeness (QED) is 0.375. The second kappa shape index (κ2) is 8.95. The van der Waals surface area contributed by atoms with Gasteiger partial charge in [0, 0.05) is 30.4 Å². The Labute approximate surface area is 205 Å². The van der Waals surface area contributed by atoms with Gasteiger partial charge in [-0.15, -0.1) is 0 Å². The van der Waals surface area contributed by atoms with Crippen LogP contribution in [-0.4, -0.2) is 36.9 Å². The van der Waals surface area contributed by atoms with E-state index in [0.717, 1.165) is 29.1 Å². The van der Waals surface area contributed by atoms with Gasteiger partial charge in [0.25, 0.3) is 0 Å². The highest BCUT2D eigenvalue weighted by atomic mass is 35.5. The molecule has 2 aromatic carbocycles. The number of carbonyl (C=O) groups is 1. The van der Waals surface area contributed by atoms with Gasteiger partial charge in [0.15, 0.2) is 11.2 Å². The predicted molar refractivity (Wildman–Crippen MR) is 120 cm³/mol. The number of aromatic nitrogens is 3. The number of ether oxygens (including phenoxy) is 1. The van der Waals surface area contributed by atoms with Crippen molar-refractivity contribution in [1.29, 1.82) is 0 Å². The summed E-state index contributed by atoms with van der Waals surface area (Å²) in [5.74, 6) is -3.50. The highest BCUT2D eigenvalue weighted by Gasteiger charge is 2.59. The van der Waals surface area contributed by atoms with Gasteiger partial charge < -0.3 is 19.4 Å². The standard InChI is InChI=1S/C23H17ClF3N3O6/c1-11(15-5-4-14(8-16(15)24)35-20-28-9-12(10-29-20)19(31)32)22(34,23(25,26)27)13-3-6-18-17(7-13)30(2)21(33)36-18/h3-11,34H,1-2H3,(H,31,32). The number of aliphatic hydroxyl groups is 1. The molecule has 4 rings (SSSR count). The van der Waals surface area contributed by atoms with Gasteiger partial charge in [0.05, 0.1) is 11.1 Å². The highest BCUT2D eigenvalue weighted by Crippen LogP contribution is 2.50. The first-order chi connectivity index (χ1) is 16.8. The number of hydrogen-bond acceptors (Lipinski definition) is 7. The summed E-state index contributed by atoms with van der Waals surface area (Å²) in [5, 5.41) is 19.9. The molecular formula is C23H17ClF3N3O6. The van der Waals surface area contributed by atoms with Crippen molar-refractivity contribution < 1.29 is 37.3 Å². The fourth-order valence-corrected chi connectivity index (χ4v) is 4.09. The van der Waals surface area contributed by atoms with Gasteiger partial charge >= 0.3 is 23.9 Å². The highest BCUT2D eigenvalue weighted by molar-refractivity contribution is 6.31. The summed E-state index contributed by atoms with van der Waals surface area (Å²) in [4.78, 5) is 30.1. The SMILES string of the molecule is CC(c1ccc(Oc2ncc(C(=O)O)cn2)cc1Cl)C(O)(c1ccc2oc(=O)n(C)c2c1)C(F)(F)F. The minimum atomic E-state index is -5.12. The van der Waals surface area contributed by atoms with Crippen LogP contribution in [-0.2, 0) is 12.6 Å². The van der Waals surface area contributed by atoms with Gasteiger partial charge in [0.2, 0.25) is 0 Å². The number of oxazole rings is 1. The number of carboxylic acids is 1. The van der Waals surface area contributed by atoms with E-state index in [1.807, 2.05) is 0 Å². The van der Waals surface area contributed by atoms with E-state index in [4.69, 9.17) is 25.9 Å². The van der Waals surface area contributed by atoms with E-state index in [9.17, 15) is 27.9 Å². The van der Waals surface area contributed by atoms with Crippen LogP contribution in [0.4, 0.5) is 13.2 Å². The van der Waals surface area contributed by atoms with Crippen molar-refractivity contribution in [3.05, 3.63) is 81.1 Å². The lowest BCUT2D eigenvalue weighted by atomic mass is 9.77. The van der Waals surface area contributed by atoms with Crippen LogP contribution in [0.2, 0.25) is 5.02 Å². The van der Waals surface area contributed by atoms with Crippen LogP contribution in [0.1, 0.15) is 34.3 Å². The van der Waals surface area contributed by atoms with Crippen molar-refractivity contribution in [2.45, 2.75) is 24.6 Å². The van der Waals surface area contributed by atoms with E-state index >= 15 is 0 Å². The molecule has 0 aliphatic carbocycles. The number of alkyl halides is 3. The summed E-state index contributed by atoms with van der Waals surface area (Å²) in [6, 6.07) is 6.86. The first-order valence-electron chi connectivity index (χ1n) is 10.2. The third-order valence-corrected chi connectivity index (χ3v) is 6.14. The molecule has 2 unspecified atom stereocenters. The molecule has 36 heavy (non-hydrogen) atoms. The molecule has 9 nitrogen and oxygen atoms in total. The number of aromatic carboxylic acids is 1. The van der Waals surface area contributed by atoms with Crippen LogP contribution in [0.5, 0.6) is 11.8 Å². The number of benzene rings is 2. The van der Waals surface area contributed by atoms with Crippen molar-refractivity contribution in [3.63, 3.8) is 0 Å². The maximum atomic E-state index is 14.4. The number of fused-ring (bicyclic) bond motifs is 1. The normalized spacial score (nSPS) is 14.4. The minimum Gasteiger partial charge on any atom is -0.478 e. The molecule has 0 bridgehead atoms. The Morgan fingerprint density at radius 2 is 1.83 bits per heavy atom. The fraction of sp³-hybridized carbons (Fsp3) is 0.217. The third-order valence-electron chi connectivity index (χ3n) is 5.81. The van der Waals surface area contributed by atoms with Crippen LogP contribution in [0.25, 0.3) is 11.1 Å². The predicted octanol–water partition coefficient (Wildman–Crippen LogP) is 4.62. The molecule has 0 radical (unpaired) electrons. The van der Waals surface area contributed by atoms with Gasteiger partial charge in [-0.25, -0.2) is 19.6 Å². The second-order valence-electron chi connectivity index (χ2n) is 7.94. The van der Waals surface area contributed by atoms with Crippen molar-refractivity contribution in [1.82, 2.24) is 14.5 Å². The van der Waals surface area contributed by atoms with Crippen molar-refractivity contribution in [2.75, 3.05) is 0 Å². The summed E-state index contributed by atoms with van der Waals surface area (Å²) in [6.07, 6.45) is -3.07. The topological polar surface area (TPSA) is 128 Å². The van der Waals surface area contributed by atoms with Gasteiger partial charge in [-0.1, -0.05) is 30.7 Å². The number of aryl methyl sites for hydroxylation is 1. The van der Waals surface area contributed by atoms with E-state index < -0.39 is 35.0 Å². The molecule has 0 fully saturated rings. The molecule has 2 aromatic heterocycles. The number of nitrogens with zero attached hydrogens (tertiary/aromatic N) is 3. The smallest absolute Gasteiger partial charge is 0.422 e. The molecule has 2 heterocycles. The first kappa shape index (κ1) is 25.2. The fourth-order valence-electron chi connectivity index (χ4n) is 3.76. The van der Waals surface area contributed by atoms with Gasteiger partial charge in [0.1, 0.15) is 5.75 Å². The average molecular weight is 524 g/mol. The van der Waals surface area contributed by atoms with Crippen molar-refractivity contribution in [2.24, 2.45) is 7.05 Å². The molecule has 0 aliphatic rings. The van der Waals surface area contributed by atoms with Crippen LogP contribution >= 0.6 is 11.6 Å². The summed E-state index contributed by atoms with van der Waals surface area (Å²) < 4.78 is 54.5. The minimum absolute atomic E-state index is 0.0350. The number of rotatable bonds is 6. The number of halogens is 4. The maximum Gasteiger partial charge on any atom is 0.422 e. The Morgan fingerprint density at radius 3 is 2.42 bits per heavy atom. The van der Waals surface area contributed by atoms with Crippen molar-refractivity contribution in [3.8, 4) is 11.8 Å². The summed E-state index contributed by atoms with van der Waals surface area (Å²) in [6.45, 7) is 1.17. The Kier molecular flexibility index (Phi) is 6.27. The lowest BCUT2D eigenvalue weighted by Gasteiger charge is -2.37. The Bertz CT molecular complexity index is 1520. The molecule has 0 amide bonds. The van der Waals surface area contributed by atoms with Gasteiger partial charge in [-0.05, 0) is 35.4 Å². The maximum absolute atomic E-state index is 14.4. The molecule has 2 atom stereocenters. The zero-order valence-corrected chi connectivity index (χ0v) is 19.3. The second-order valence-corrected chi connectivity index (χ2v) is 8.35. The number of carboxylic acid groups (broad SMARTS) is 1. The van der Waals surface area contributed by atoms with E-state index in [-0.39, 0.29) is 39.0 Å². The lowest BCUT2D eigenvalue weighted by molar-refractivity contribution is -0.274. The lowest BCUT2D eigenvalue weighted by Crippen LogP contribution is -2.46. The average Bonchev–Trinajstić information content (AvgIpc) is 3.10. The molecule has 0 saturated heterocycles. The summed E-state index contributed by atoms with van der Waals surface area (Å²) >= 11 is 6.29. The Hall–Kier alpha value is -3.90. The molecule has 0 aliphatic heterocycles. The summed E-state index contributed by atoms with van der Waals surface area (Å²) in [7, 11) is 1.34. The molecule has 188 valence electrons. The molecule has 13 heteroatoms. The first-order valence-corrected chi connectivity index (χ1v) is 10.6. The van der Waals surface area contributed by atoms with Crippen LogP contribution < -0.4 is 10.5 Å². The van der Waals surface area contributed by atoms with E-state index in [2.05, 4.69) is 9.97 Å². The zero-order chi connectivity index (χ0) is 26.4. The monoisotopic (exact) mass is 523 g/mol. The van der Waals surface area contributed by atoms with Crippen LogP contribution in [0.15, 0.2) is 58.0 Å². The van der Waals surface area contributed by atoms with Crippen LogP contribution in [0.3, 0.4) is 0 Å². The Balaban J connectivity index is 1.70.